The minimum Gasteiger partial charge on any atom is -0.353 e. The van der Waals surface area contributed by atoms with Crippen molar-refractivity contribution in [2.24, 2.45) is 11.7 Å². The van der Waals surface area contributed by atoms with Crippen LogP contribution in [0, 0.1) is 5.92 Å². The van der Waals surface area contributed by atoms with Crippen LogP contribution in [0.3, 0.4) is 0 Å². The van der Waals surface area contributed by atoms with Crippen molar-refractivity contribution >= 4 is 30.7 Å². The van der Waals surface area contributed by atoms with Crippen LogP contribution in [0.5, 0.6) is 0 Å². The molecule has 0 aliphatic carbocycles. The number of hydrogen-bond acceptors (Lipinski definition) is 3. The first-order valence-electron chi connectivity index (χ1n) is 8.39. The fourth-order valence-electron chi connectivity index (χ4n) is 2.96. The third kappa shape index (κ3) is 6.98. The van der Waals surface area contributed by atoms with Crippen molar-refractivity contribution in [1.29, 1.82) is 0 Å². The van der Waals surface area contributed by atoms with Gasteiger partial charge >= 0.3 is 0 Å². The summed E-state index contributed by atoms with van der Waals surface area (Å²) in [5.41, 5.74) is 7.24. The second-order valence-corrected chi connectivity index (χ2v) is 6.62. The van der Waals surface area contributed by atoms with Crippen molar-refractivity contribution in [2.45, 2.75) is 51.7 Å². The molecule has 1 saturated heterocycles. The maximum absolute atomic E-state index is 12.0. The number of likely N-dealkylation sites (tertiary alicyclic amines) is 1. The quantitative estimate of drug-likeness (QED) is 0.803. The van der Waals surface area contributed by atoms with E-state index in [1.807, 2.05) is 19.9 Å². The van der Waals surface area contributed by atoms with Crippen molar-refractivity contribution in [3.05, 3.63) is 35.9 Å². The number of rotatable bonds is 6. The first kappa shape index (κ1) is 23.2. The predicted molar refractivity (Wildman–Crippen MR) is 105 cm³/mol. The van der Waals surface area contributed by atoms with Gasteiger partial charge in [0.1, 0.15) is 0 Å². The summed E-state index contributed by atoms with van der Waals surface area (Å²) in [6, 6.07) is 10.5. The first-order valence-corrected chi connectivity index (χ1v) is 8.39. The van der Waals surface area contributed by atoms with Crippen LogP contribution in [0.2, 0.25) is 0 Å². The third-order valence-corrected chi connectivity index (χ3v) is 4.51. The smallest absolute Gasteiger partial charge is 0.237 e. The van der Waals surface area contributed by atoms with Crippen LogP contribution in [0.25, 0.3) is 0 Å². The van der Waals surface area contributed by atoms with E-state index in [0.29, 0.717) is 12.6 Å². The Balaban J connectivity index is 0.00000264. The van der Waals surface area contributed by atoms with Gasteiger partial charge in [-0.05, 0) is 30.9 Å². The van der Waals surface area contributed by atoms with E-state index in [9.17, 15) is 4.79 Å². The van der Waals surface area contributed by atoms with E-state index in [4.69, 9.17) is 5.73 Å². The van der Waals surface area contributed by atoms with Crippen LogP contribution in [0.4, 0.5) is 0 Å². The lowest BCUT2D eigenvalue weighted by atomic mass is 10.00. The van der Waals surface area contributed by atoms with Gasteiger partial charge in [-0.3, -0.25) is 9.69 Å². The SMILES string of the molecule is CC(C)C(N)C(=O)NCC1CCCCN1Cc1ccccc1.Cl.Cl. The molecule has 1 aliphatic rings. The van der Waals surface area contributed by atoms with Gasteiger partial charge in [0.25, 0.3) is 0 Å². The Morgan fingerprint density at radius 3 is 2.54 bits per heavy atom. The average Bonchev–Trinajstić information content (AvgIpc) is 2.54. The first-order chi connectivity index (χ1) is 10.6. The van der Waals surface area contributed by atoms with Gasteiger partial charge < -0.3 is 11.1 Å². The van der Waals surface area contributed by atoms with Crippen molar-refractivity contribution in [3.8, 4) is 0 Å². The molecule has 0 aromatic heterocycles. The molecule has 2 atom stereocenters. The summed E-state index contributed by atoms with van der Waals surface area (Å²) in [7, 11) is 0. The van der Waals surface area contributed by atoms with Crippen molar-refractivity contribution in [1.82, 2.24) is 10.2 Å². The molecule has 6 heteroatoms. The molecule has 0 spiro atoms. The molecule has 4 nitrogen and oxygen atoms in total. The molecule has 3 N–H and O–H groups in total. The highest BCUT2D eigenvalue weighted by molar-refractivity contribution is 5.85. The van der Waals surface area contributed by atoms with E-state index in [2.05, 4.69) is 34.5 Å². The fourth-order valence-corrected chi connectivity index (χ4v) is 2.96. The lowest BCUT2D eigenvalue weighted by Gasteiger charge is -2.36. The number of nitrogens with one attached hydrogen (secondary N) is 1. The molecule has 1 fully saturated rings. The van der Waals surface area contributed by atoms with Crippen molar-refractivity contribution in [2.75, 3.05) is 13.1 Å². The zero-order chi connectivity index (χ0) is 15.9. The van der Waals surface area contributed by atoms with Crippen LogP contribution in [0.1, 0.15) is 38.7 Å². The maximum atomic E-state index is 12.0. The summed E-state index contributed by atoms with van der Waals surface area (Å²) in [6.07, 6.45) is 3.62. The molecule has 1 aromatic rings. The van der Waals surface area contributed by atoms with Crippen molar-refractivity contribution in [3.63, 3.8) is 0 Å². The zero-order valence-electron chi connectivity index (χ0n) is 14.6. The van der Waals surface area contributed by atoms with Gasteiger partial charge in [-0.1, -0.05) is 50.6 Å². The Kier molecular flexibility index (Phi) is 11.3. The maximum Gasteiger partial charge on any atom is 0.237 e. The molecule has 1 aromatic carbocycles. The highest BCUT2D eigenvalue weighted by Gasteiger charge is 2.24. The predicted octanol–water partition coefficient (Wildman–Crippen LogP) is 2.98. The van der Waals surface area contributed by atoms with Gasteiger partial charge in [0.05, 0.1) is 6.04 Å². The molecule has 1 heterocycles. The molecule has 2 rings (SSSR count). The van der Waals surface area contributed by atoms with E-state index in [0.717, 1.165) is 19.5 Å². The minimum absolute atomic E-state index is 0. The molecule has 2 unspecified atom stereocenters. The van der Waals surface area contributed by atoms with E-state index < -0.39 is 6.04 Å². The Bertz CT molecular complexity index is 471. The Morgan fingerprint density at radius 2 is 1.92 bits per heavy atom. The third-order valence-electron chi connectivity index (χ3n) is 4.51. The summed E-state index contributed by atoms with van der Waals surface area (Å²) in [6.45, 7) is 6.72. The lowest BCUT2D eigenvalue weighted by Crippen LogP contribution is -2.50. The van der Waals surface area contributed by atoms with Crippen LogP contribution < -0.4 is 11.1 Å². The van der Waals surface area contributed by atoms with Gasteiger partial charge in [-0.2, -0.15) is 0 Å². The molecule has 1 aliphatic heterocycles. The molecule has 138 valence electrons. The molecule has 24 heavy (non-hydrogen) atoms. The molecule has 0 radical (unpaired) electrons. The highest BCUT2D eigenvalue weighted by atomic mass is 35.5. The topological polar surface area (TPSA) is 58.4 Å². The highest BCUT2D eigenvalue weighted by Crippen LogP contribution is 2.19. The van der Waals surface area contributed by atoms with E-state index in [1.54, 1.807) is 0 Å². The molecular weight excluding hydrogens is 345 g/mol. The number of nitrogens with two attached hydrogens (primary N) is 1. The number of nitrogens with zero attached hydrogens (tertiary/aromatic N) is 1. The van der Waals surface area contributed by atoms with E-state index in [-0.39, 0.29) is 36.6 Å². The number of halogens is 2. The van der Waals surface area contributed by atoms with Gasteiger partial charge in [0, 0.05) is 19.1 Å². The van der Waals surface area contributed by atoms with Crippen LogP contribution in [-0.2, 0) is 11.3 Å². The average molecular weight is 376 g/mol. The minimum atomic E-state index is -0.411. The van der Waals surface area contributed by atoms with Gasteiger partial charge in [-0.25, -0.2) is 0 Å². The van der Waals surface area contributed by atoms with Crippen LogP contribution in [0.15, 0.2) is 30.3 Å². The molecule has 0 bridgehead atoms. The van der Waals surface area contributed by atoms with E-state index >= 15 is 0 Å². The number of hydrogen-bond donors (Lipinski definition) is 2. The van der Waals surface area contributed by atoms with Gasteiger partial charge in [0.2, 0.25) is 5.91 Å². The fraction of sp³-hybridized carbons (Fsp3) is 0.611. The summed E-state index contributed by atoms with van der Waals surface area (Å²) < 4.78 is 0. The number of carbonyl (C=O) groups excluding carboxylic acids is 1. The number of piperidine rings is 1. The van der Waals surface area contributed by atoms with Crippen LogP contribution >= 0.6 is 24.8 Å². The normalized spacial score (nSPS) is 19.1. The lowest BCUT2D eigenvalue weighted by molar-refractivity contribution is -0.123. The Morgan fingerprint density at radius 1 is 1.25 bits per heavy atom. The molecule has 0 saturated carbocycles. The molecule has 1 amide bonds. The number of carbonyl (C=O) groups is 1. The van der Waals surface area contributed by atoms with Crippen molar-refractivity contribution < 1.29 is 4.79 Å². The standard InChI is InChI=1S/C18H29N3O.2ClH/c1-14(2)17(19)18(22)20-12-16-10-6-7-11-21(16)13-15-8-4-3-5-9-15;;/h3-5,8-9,14,16-17H,6-7,10-13,19H2,1-2H3,(H,20,22);2*1H. The summed E-state index contributed by atoms with van der Waals surface area (Å²) in [5.74, 6) is 0.145. The zero-order valence-corrected chi connectivity index (χ0v) is 16.2. The van der Waals surface area contributed by atoms with Crippen LogP contribution in [-0.4, -0.2) is 36.0 Å². The Labute approximate surface area is 158 Å². The molecular formula is C18H31Cl2N3O. The van der Waals surface area contributed by atoms with E-state index in [1.165, 1.54) is 18.4 Å². The Hall–Kier alpha value is -0.810. The summed E-state index contributed by atoms with van der Waals surface area (Å²) in [4.78, 5) is 14.5. The summed E-state index contributed by atoms with van der Waals surface area (Å²) >= 11 is 0. The summed E-state index contributed by atoms with van der Waals surface area (Å²) in [5, 5.41) is 3.04. The van der Waals surface area contributed by atoms with Gasteiger partial charge in [0.15, 0.2) is 0 Å². The number of benzene rings is 1. The second-order valence-electron chi connectivity index (χ2n) is 6.62. The largest absolute Gasteiger partial charge is 0.353 e. The second kappa shape index (κ2) is 11.7. The monoisotopic (exact) mass is 375 g/mol. The number of amides is 1. The van der Waals surface area contributed by atoms with Gasteiger partial charge in [-0.15, -0.1) is 24.8 Å².